The summed E-state index contributed by atoms with van der Waals surface area (Å²) in [5.74, 6) is 1.60. The molecule has 4 heteroatoms. The number of aromatic nitrogens is 1. The number of halogens is 1. The van der Waals surface area contributed by atoms with Crippen molar-refractivity contribution in [1.29, 1.82) is 0 Å². The zero-order valence-electron chi connectivity index (χ0n) is 8.24. The Morgan fingerprint density at radius 2 is 2.20 bits per heavy atom. The van der Waals surface area contributed by atoms with E-state index in [-0.39, 0.29) is 0 Å². The molecule has 0 aliphatic carbocycles. The zero-order valence-corrected chi connectivity index (χ0v) is 9.82. The second kappa shape index (κ2) is 4.49. The van der Waals surface area contributed by atoms with Gasteiger partial charge < -0.3 is 9.26 Å². The van der Waals surface area contributed by atoms with Crippen molar-refractivity contribution < 1.29 is 9.26 Å². The largest absolute Gasteiger partial charge is 0.486 e. The summed E-state index contributed by atoms with van der Waals surface area (Å²) >= 11 is 3.41. The Bertz CT molecular complexity index is 453. The first-order valence-electron chi connectivity index (χ1n) is 4.55. The fourth-order valence-electron chi connectivity index (χ4n) is 1.20. The van der Waals surface area contributed by atoms with E-state index >= 15 is 0 Å². The average Bonchev–Trinajstić information content (AvgIpc) is 2.63. The molecule has 0 bridgehead atoms. The first-order valence-corrected chi connectivity index (χ1v) is 5.34. The number of nitrogens with zero attached hydrogens (tertiary/aromatic N) is 1. The monoisotopic (exact) mass is 267 g/mol. The highest BCUT2D eigenvalue weighted by Crippen LogP contribution is 2.24. The highest BCUT2D eigenvalue weighted by Gasteiger charge is 2.03. The van der Waals surface area contributed by atoms with Crippen LogP contribution in [0.25, 0.3) is 0 Å². The second-order valence-corrected chi connectivity index (χ2v) is 4.00. The molecule has 1 aromatic carbocycles. The quantitative estimate of drug-likeness (QED) is 0.856. The van der Waals surface area contributed by atoms with Crippen molar-refractivity contribution in [2.24, 2.45) is 0 Å². The molecule has 0 aliphatic heterocycles. The Morgan fingerprint density at radius 1 is 1.40 bits per heavy atom. The molecule has 78 valence electrons. The molecule has 2 rings (SSSR count). The normalized spacial score (nSPS) is 10.3. The summed E-state index contributed by atoms with van der Waals surface area (Å²) in [4.78, 5) is 0. The first kappa shape index (κ1) is 10.2. The summed E-state index contributed by atoms with van der Waals surface area (Å²) in [6.45, 7) is 2.27. The Morgan fingerprint density at radius 3 is 2.87 bits per heavy atom. The molecule has 1 aromatic heterocycles. The molecule has 3 nitrogen and oxygen atoms in total. The van der Waals surface area contributed by atoms with Crippen LogP contribution in [0, 0.1) is 6.92 Å². The van der Waals surface area contributed by atoms with Crippen molar-refractivity contribution in [3.63, 3.8) is 0 Å². The molecule has 0 unspecified atom stereocenters. The van der Waals surface area contributed by atoms with Gasteiger partial charge in [0.2, 0.25) is 0 Å². The van der Waals surface area contributed by atoms with Gasteiger partial charge >= 0.3 is 0 Å². The van der Waals surface area contributed by atoms with Crippen LogP contribution in [0.4, 0.5) is 0 Å². The van der Waals surface area contributed by atoms with Crippen LogP contribution in [0.2, 0.25) is 0 Å². The average molecular weight is 268 g/mol. The van der Waals surface area contributed by atoms with Crippen LogP contribution in [0.1, 0.15) is 11.5 Å². The lowest BCUT2D eigenvalue weighted by Crippen LogP contribution is -1.95. The molecule has 1 heterocycles. The van der Waals surface area contributed by atoms with Gasteiger partial charge in [0.05, 0.1) is 4.47 Å². The maximum absolute atomic E-state index is 5.57. The Balaban J connectivity index is 2.02. The molecule has 0 spiro atoms. The number of hydrogen-bond acceptors (Lipinski definition) is 3. The number of para-hydroxylation sites is 1. The number of rotatable bonds is 3. The lowest BCUT2D eigenvalue weighted by atomic mass is 10.3. The van der Waals surface area contributed by atoms with E-state index in [1.54, 1.807) is 0 Å². The fraction of sp³-hybridized carbons (Fsp3) is 0.182. The van der Waals surface area contributed by atoms with Gasteiger partial charge in [-0.3, -0.25) is 0 Å². The van der Waals surface area contributed by atoms with E-state index in [9.17, 15) is 0 Å². The number of hydrogen-bond donors (Lipinski definition) is 0. The molecule has 0 radical (unpaired) electrons. The van der Waals surface area contributed by atoms with Crippen LogP contribution in [-0.4, -0.2) is 5.16 Å². The highest BCUT2D eigenvalue weighted by atomic mass is 79.9. The molecule has 0 amide bonds. The second-order valence-electron chi connectivity index (χ2n) is 3.15. The van der Waals surface area contributed by atoms with E-state index in [1.807, 2.05) is 37.3 Å². The summed E-state index contributed by atoms with van der Waals surface area (Å²) in [6.07, 6.45) is 0. The molecule has 0 atom stereocenters. The van der Waals surface area contributed by atoms with Crippen molar-refractivity contribution in [2.45, 2.75) is 13.5 Å². The molecule has 0 saturated heterocycles. The number of benzene rings is 1. The van der Waals surface area contributed by atoms with E-state index in [2.05, 4.69) is 21.1 Å². The van der Waals surface area contributed by atoms with Crippen molar-refractivity contribution in [3.8, 4) is 5.75 Å². The smallest absolute Gasteiger partial charge is 0.134 e. The van der Waals surface area contributed by atoms with Crippen LogP contribution < -0.4 is 4.74 Å². The lowest BCUT2D eigenvalue weighted by molar-refractivity contribution is 0.286. The highest BCUT2D eigenvalue weighted by molar-refractivity contribution is 9.10. The maximum Gasteiger partial charge on any atom is 0.134 e. The maximum atomic E-state index is 5.57. The van der Waals surface area contributed by atoms with Gasteiger partial charge in [0.25, 0.3) is 0 Å². The lowest BCUT2D eigenvalue weighted by Gasteiger charge is -2.04. The van der Waals surface area contributed by atoms with E-state index in [0.717, 1.165) is 21.7 Å². The number of ether oxygens (including phenoxy) is 1. The van der Waals surface area contributed by atoms with Gasteiger partial charge in [-0.1, -0.05) is 17.3 Å². The van der Waals surface area contributed by atoms with E-state index in [0.29, 0.717) is 6.61 Å². The number of aryl methyl sites for hydroxylation is 1. The van der Waals surface area contributed by atoms with Crippen molar-refractivity contribution in [3.05, 3.63) is 46.3 Å². The van der Waals surface area contributed by atoms with Crippen molar-refractivity contribution in [2.75, 3.05) is 0 Å². The molecule has 0 saturated carbocycles. The summed E-state index contributed by atoms with van der Waals surface area (Å²) in [5, 5.41) is 3.85. The van der Waals surface area contributed by atoms with Gasteiger partial charge in [0.1, 0.15) is 23.8 Å². The van der Waals surface area contributed by atoms with Crippen molar-refractivity contribution >= 4 is 15.9 Å². The van der Waals surface area contributed by atoms with Gasteiger partial charge in [-0.2, -0.15) is 0 Å². The van der Waals surface area contributed by atoms with Gasteiger partial charge in [0.15, 0.2) is 0 Å². The minimum absolute atomic E-state index is 0.417. The predicted molar refractivity (Wildman–Crippen MR) is 59.7 cm³/mol. The minimum Gasteiger partial charge on any atom is -0.486 e. The SMILES string of the molecule is Cc1cc(COc2ccccc2Br)no1. The summed E-state index contributed by atoms with van der Waals surface area (Å²) in [7, 11) is 0. The standard InChI is InChI=1S/C11H10BrNO2/c1-8-6-9(13-15-8)7-14-11-5-3-2-4-10(11)12/h2-6H,7H2,1H3. The van der Waals surface area contributed by atoms with Crippen LogP contribution >= 0.6 is 15.9 Å². The van der Waals surface area contributed by atoms with Crippen molar-refractivity contribution in [1.82, 2.24) is 5.16 Å². The third-order valence-corrected chi connectivity index (χ3v) is 2.54. The van der Waals surface area contributed by atoms with Crippen LogP contribution in [-0.2, 0) is 6.61 Å². The zero-order chi connectivity index (χ0) is 10.7. The fourth-order valence-corrected chi connectivity index (χ4v) is 1.60. The Hall–Kier alpha value is -1.29. The van der Waals surface area contributed by atoms with E-state index in [4.69, 9.17) is 9.26 Å². The molecule has 0 aliphatic rings. The van der Waals surface area contributed by atoms with E-state index < -0.39 is 0 Å². The summed E-state index contributed by atoms with van der Waals surface area (Å²) in [6, 6.07) is 9.56. The Kier molecular flexibility index (Phi) is 3.06. The third-order valence-electron chi connectivity index (χ3n) is 1.89. The topological polar surface area (TPSA) is 35.3 Å². The Labute approximate surface area is 96.2 Å². The summed E-state index contributed by atoms with van der Waals surface area (Å²) in [5.41, 5.74) is 0.795. The molecular weight excluding hydrogens is 258 g/mol. The molecular formula is C11H10BrNO2. The van der Waals surface area contributed by atoms with Gasteiger partial charge in [-0.05, 0) is 35.0 Å². The minimum atomic E-state index is 0.417. The van der Waals surface area contributed by atoms with E-state index in [1.165, 1.54) is 0 Å². The molecule has 15 heavy (non-hydrogen) atoms. The first-order chi connectivity index (χ1) is 7.25. The van der Waals surface area contributed by atoms with Crippen LogP contribution in [0.15, 0.2) is 39.3 Å². The van der Waals surface area contributed by atoms with Gasteiger partial charge in [-0.25, -0.2) is 0 Å². The molecule has 2 aromatic rings. The van der Waals surface area contributed by atoms with Crippen LogP contribution in [0.5, 0.6) is 5.75 Å². The molecule has 0 fully saturated rings. The molecule has 0 N–H and O–H groups in total. The van der Waals surface area contributed by atoms with Gasteiger partial charge in [0, 0.05) is 6.07 Å². The predicted octanol–water partition coefficient (Wildman–Crippen LogP) is 3.32. The summed E-state index contributed by atoms with van der Waals surface area (Å²) < 4.78 is 11.4. The van der Waals surface area contributed by atoms with Gasteiger partial charge in [-0.15, -0.1) is 0 Å². The van der Waals surface area contributed by atoms with Crippen LogP contribution in [0.3, 0.4) is 0 Å². The third kappa shape index (κ3) is 2.59.